The number of carbonyl (C=O) groups excluding carboxylic acids is 1. The summed E-state index contributed by atoms with van der Waals surface area (Å²) in [7, 11) is 0. The molecule has 6 nitrogen and oxygen atoms in total. The van der Waals surface area contributed by atoms with Gasteiger partial charge in [-0.05, 0) is 49.9 Å². The quantitative estimate of drug-likeness (QED) is 0.643. The number of hydrogen-bond acceptors (Lipinski definition) is 5. The monoisotopic (exact) mass is 424 g/mol. The van der Waals surface area contributed by atoms with Gasteiger partial charge in [0.25, 0.3) is 5.91 Å². The Hall–Kier alpha value is -2.83. The molecule has 4 rings (SSSR count). The first-order valence-corrected chi connectivity index (χ1v) is 10.5. The van der Waals surface area contributed by atoms with Crippen LogP contribution in [0.15, 0.2) is 53.1 Å². The second-order valence-corrected chi connectivity index (χ2v) is 7.83. The lowest BCUT2D eigenvalue weighted by atomic mass is 10.1. The zero-order valence-electron chi connectivity index (χ0n) is 17.2. The van der Waals surface area contributed by atoms with Gasteiger partial charge >= 0.3 is 0 Å². The van der Waals surface area contributed by atoms with Crippen LogP contribution in [-0.2, 0) is 0 Å². The van der Waals surface area contributed by atoms with E-state index in [1.165, 1.54) is 5.69 Å². The van der Waals surface area contributed by atoms with E-state index in [4.69, 9.17) is 16.1 Å². The smallest absolute Gasteiger partial charge is 0.261 e. The van der Waals surface area contributed by atoms with Crippen molar-refractivity contribution in [3.05, 3.63) is 64.9 Å². The van der Waals surface area contributed by atoms with Crippen LogP contribution in [0.3, 0.4) is 0 Å². The number of halogens is 1. The van der Waals surface area contributed by atoms with Crippen molar-refractivity contribution in [1.29, 1.82) is 0 Å². The molecule has 0 bridgehead atoms. The van der Waals surface area contributed by atoms with Crippen molar-refractivity contribution in [3.8, 4) is 11.3 Å². The number of nitrogens with one attached hydrogen (secondary N) is 1. The Morgan fingerprint density at radius 1 is 1.07 bits per heavy atom. The van der Waals surface area contributed by atoms with E-state index in [9.17, 15) is 4.79 Å². The molecule has 1 fully saturated rings. The summed E-state index contributed by atoms with van der Waals surface area (Å²) in [5.74, 6) is 0.228. The number of hydrogen-bond donors (Lipinski definition) is 1. The van der Waals surface area contributed by atoms with E-state index < -0.39 is 0 Å². The Morgan fingerprint density at radius 2 is 1.73 bits per heavy atom. The molecule has 7 heteroatoms. The zero-order valence-corrected chi connectivity index (χ0v) is 17.9. The molecule has 1 saturated heterocycles. The highest BCUT2D eigenvalue weighted by molar-refractivity contribution is 6.30. The number of carbonyl (C=O) groups is 1. The van der Waals surface area contributed by atoms with Crippen molar-refractivity contribution in [2.24, 2.45) is 0 Å². The van der Waals surface area contributed by atoms with E-state index in [0.29, 0.717) is 22.0 Å². The molecule has 156 valence electrons. The van der Waals surface area contributed by atoms with Gasteiger partial charge in [-0.25, -0.2) is 0 Å². The lowest BCUT2D eigenvalue weighted by Crippen LogP contribution is -2.46. The number of aryl methyl sites for hydroxylation is 1. The molecule has 0 saturated carbocycles. The minimum absolute atomic E-state index is 0.247. The number of benzene rings is 2. The van der Waals surface area contributed by atoms with Crippen LogP contribution in [0.2, 0.25) is 5.02 Å². The summed E-state index contributed by atoms with van der Waals surface area (Å²) in [6.45, 7) is 9.22. The number of aromatic nitrogens is 1. The van der Waals surface area contributed by atoms with Gasteiger partial charge in [0, 0.05) is 48.1 Å². The first-order chi connectivity index (χ1) is 14.5. The largest absolute Gasteiger partial charge is 0.369 e. The molecule has 1 N–H and O–H groups in total. The molecule has 1 aliphatic heterocycles. The summed E-state index contributed by atoms with van der Waals surface area (Å²) in [5, 5.41) is 7.66. The summed E-state index contributed by atoms with van der Waals surface area (Å²) < 4.78 is 5.30. The van der Waals surface area contributed by atoms with E-state index in [1.807, 2.05) is 24.3 Å². The Bertz CT molecular complexity index is 1010. The lowest BCUT2D eigenvalue weighted by molar-refractivity contribution is 0.102. The Kier molecular flexibility index (Phi) is 6.06. The molecule has 1 aromatic heterocycles. The third kappa shape index (κ3) is 4.35. The van der Waals surface area contributed by atoms with Crippen molar-refractivity contribution in [2.75, 3.05) is 42.9 Å². The van der Waals surface area contributed by atoms with Crippen molar-refractivity contribution >= 4 is 28.9 Å². The lowest BCUT2D eigenvalue weighted by Gasteiger charge is -2.35. The number of amides is 1. The third-order valence-corrected chi connectivity index (χ3v) is 5.77. The van der Waals surface area contributed by atoms with Crippen LogP contribution in [0.5, 0.6) is 0 Å². The standard InChI is InChI=1S/C23H25ClN4O2/c1-3-27-12-14-28(15-13-27)20-10-8-19(9-11-20)25-23(29)21-16(2)30-26-22(21)17-4-6-18(24)7-5-17/h4-11H,3,12-15H2,1-2H3,(H,25,29). The summed E-state index contributed by atoms with van der Waals surface area (Å²) >= 11 is 5.97. The van der Waals surface area contributed by atoms with E-state index in [0.717, 1.165) is 44.0 Å². The molecule has 0 radical (unpaired) electrons. The van der Waals surface area contributed by atoms with Crippen molar-refractivity contribution < 1.29 is 9.32 Å². The van der Waals surface area contributed by atoms with Crippen LogP contribution in [0.25, 0.3) is 11.3 Å². The van der Waals surface area contributed by atoms with Crippen molar-refractivity contribution in [2.45, 2.75) is 13.8 Å². The number of likely N-dealkylation sites (N-methyl/N-ethyl adjacent to an activating group) is 1. The molecule has 0 unspecified atom stereocenters. The van der Waals surface area contributed by atoms with E-state index >= 15 is 0 Å². The van der Waals surface area contributed by atoms with Gasteiger partial charge in [-0.1, -0.05) is 35.8 Å². The van der Waals surface area contributed by atoms with Gasteiger partial charge in [0.1, 0.15) is 17.0 Å². The highest BCUT2D eigenvalue weighted by Crippen LogP contribution is 2.28. The number of nitrogens with zero attached hydrogens (tertiary/aromatic N) is 3. The molecule has 1 aliphatic rings. The SMILES string of the molecule is CCN1CCN(c2ccc(NC(=O)c3c(-c4ccc(Cl)cc4)noc3C)cc2)CC1. The fourth-order valence-electron chi connectivity index (χ4n) is 3.72. The van der Waals surface area contributed by atoms with Crippen LogP contribution in [0.1, 0.15) is 23.0 Å². The Morgan fingerprint density at radius 3 is 2.37 bits per heavy atom. The van der Waals surface area contributed by atoms with E-state index in [2.05, 4.69) is 39.3 Å². The highest BCUT2D eigenvalue weighted by Gasteiger charge is 2.22. The van der Waals surface area contributed by atoms with Gasteiger partial charge in [0.2, 0.25) is 0 Å². The predicted octanol–water partition coefficient (Wildman–Crippen LogP) is 4.70. The minimum Gasteiger partial charge on any atom is -0.369 e. The normalized spacial score (nSPS) is 14.7. The molecular formula is C23H25ClN4O2. The van der Waals surface area contributed by atoms with Gasteiger partial charge in [-0.15, -0.1) is 0 Å². The predicted molar refractivity (Wildman–Crippen MR) is 120 cm³/mol. The molecule has 3 aromatic rings. The highest BCUT2D eigenvalue weighted by atomic mass is 35.5. The van der Waals surface area contributed by atoms with Crippen LogP contribution in [-0.4, -0.2) is 48.7 Å². The summed E-state index contributed by atoms with van der Waals surface area (Å²) in [4.78, 5) is 17.8. The minimum atomic E-state index is -0.247. The van der Waals surface area contributed by atoms with Gasteiger partial charge in [-0.3, -0.25) is 4.79 Å². The molecule has 2 aromatic carbocycles. The molecule has 0 aliphatic carbocycles. The first-order valence-electron chi connectivity index (χ1n) is 10.2. The van der Waals surface area contributed by atoms with E-state index in [1.54, 1.807) is 19.1 Å². The zero-order chi connectivity index (χ0) is 21.1. The maximum Gasteiger partial charge on any atom is 0.261 e. The van der Waals surface area contributed by atoms with Gasteiger partial charge in [-0.2, -0.15) is 0 Å². The maximum absolute atomic E-state index is 13.0. The number of rotatable bonds is 5. The van der Waals surface area contributed by atoms with Gasteiger partial charge < -0.3 is 19.6 Å². The Labute approximate surface area is 181 Å². The Balaban J connectivity index is 1.47. The van der Waals surface area contributed by atoms with Crippen molar-refractivity contribution in [3.63, 3.8) is 0 Å². The van der Waals surface area contributed by atoms with Crippen LogP contribution in [0.4, 0.5) is 11.4 Å². The van der Waals surface area contributed by atoms with Crippen LogP contribution in [0, 0.1) is 6.92 Å². The summed E-state index contributed by atoms with van der Waals surface area (Å²) in [6, 6.07) is 15.2. The average molecular weight is 425 g/mol. The molecule has 30 heavy (non-hydrogen) atoms. The topological polar surface area (TPSA) is 61.6 Å². The van der Waals surface area contributed by atoms with Crippen molar-refractivity contribution in [1.82, 2.24) is 10.1 Å². The number of piperazine rings is 1. The molecule has 0 atom stereocenters. The second-order valence-electron chi connectivity index (χ2n) is 7.39. The number of anilines is 2. The van der Waals surface area contributed by atoms with Crippen LogP contribution >= 0.6 is 11.6 Å². The first kappa shape index (κ1) is 20.4. The molecule has 0 spiro atoms. The maximum atomic E-state index is 13.0. The summed E-state index contributed by atoms with van der Waals surface area (Å²) in [5.41, 5.74) is 3.62. The fraction of sp³-hybridized carbons (Fsp3) is 0.304. The molecular weight excluding hydrogens is 400 g/mol. The summed E-state index contributed by atoms with van der Waals surface area (Å²) in [6.07, 6.45) is 0. The average Bonchev–Trinajstić information content (AvgIpc) is 3.16. The van der Waals surface area contributed by atoms with Gasteiger partial charge in [0.05, 0.1) is 0 Å². The third-order valence-electron chi connectivity index (χ3n) is 5.52. The molecule has 2 heterocycles. The molecule has 1 amide bonds. The van der Waals surface area contributed by atoms with Gasteiger partial charge in [0.15, 0.2) is 0 Å². The van der Waals surface area contributed by atoms with E-state index in [-0.39, 0.29) is 5.91 Å². The fourth-order valence-corrected chi connectivity index (χ4v) is 3.84. The second kappa shape index (κ2) is 8.90. The van der Waals surface area contributed by atoms with Crippen LogP contribution < -0.4 is 10.2 Å².